The fourth-order valence-electron chi connectivity index (χ4n) is 1.52. The van der Waals surface area contributed by atoms with Crippen molar-refractivity contribution in [3.63, 3.8) is 0 Å². The van der Waals surface area contributed by atoms with Crippen LogP contribution in [-0.4, -0.2) is 26.0 Å². The lowest BCUT2D eigenvalue weighted by molar-refractivity contribution is -0.0850. The van der Waals surface area contributed by atoms with E-state index in [1.54, 1.807) is 0 Å². The molecule has 0 aliphatic carbocycles. The molecule has 0 saturated carbocycles. The summed E-state index contributed by atoms with van der Waals surface area (Å²) in [6.45, 7) is 0.895. The fraction of sp³-hybridized carbons (Fsp3) is 0.467. The van der Waals surface area contributed by atoms with Crippen LogP contribution in [0.3, 0.4) is 0 Å². The van der Waals surface area contributed by atoms with Gasteiger partial charge in [-0.3, -0.25) is 0 Å². The van der Waals surface area contributed by atoms with E-state index in [1.807, 2.05) is 30.3 Å². The van der Waals surface area contributed by atoms with Gasteiger partial charge in [-0.2, -0.15) is 13.2 Å². The van der Waals surface area contributed by atoms with E-state index in [-0.39, 0.29) is 6.61 Å². The van der Waals surface area contributed by atoms with Crippen LogP contribution < -0.4 is 4.74 Å². The number of unbranched alkanes of at least 4 members (excludes halogenated alkanes) is 2. The highest BCUT2D eigenvalue weighted by Crippen LogP contribution is 2.28. The highest BCUT2D eigenvalue weighted by atomic mass is 35.5. The Balaban J connectivity index is 1.96. The molecule has 1 aromatic carbocycles. The minimum atomic E-state index is -4.49. The van der Waals surface area contributed by atoms with Crippen molar-refractivity contribution >= 4 is 11.6 Å². The second kappa shape index (κ2) is 9.68. The highest BCUT2D eigenvalue weighted by molar-refractivity contribution is 6.30. The molecule has 0 spiro atoms. The molecule has 0 radical (unpaired) electrons. The van der Waals surface area contributed by atoms with Crippen molar-refractivity contribution in [1.29, 1.82) is 0 Å². The zero-order chi connectivity index (χ0) is 15.6. The Morgan fingerprint density at radius 1 is 1.05 bits per heavy atom. The lowest BCUT2D eigenvalue weighted by Crippen LogP contribution is -2.08. The van der Waals surface area contributed by atoms with Gasteiger partial charge in [0.05, 0.1) is 13.2 Å². The van der Waals surface area contributed by atoms with Gasteiger partial charge in [0.25, 0.3) is 0 Å². The maximum atomic E-state index is 12.0. The number of halogens is 4. The molecule has 0 aromatic heterocycles. The first-order chi connectivity index (χ1) is 10.00. The van der Waals surface area contributed by atoms with E-state index in [0.717, 1.165) is 31.1 Å². The van der Waals surface area contributed by atoms with Crippen LogP contribution in [0, 0.1) is 0 Å². The monoisotopic (exact) mass is 322 g/mol. The molecule has 6 heteroatoms. The first-order valence-corrected chi connectivity index (χ1v) is 7.06. The maximum Gasteiger partial charge on any atom is 0.426 e. The van der Waals surface area contributed by atoms with E-state index in [1.165, 1.54) is 0 Å². The van der Waals surface area contributed by atoms with E-state index in [4.69, 9.17) is 21.1 Å². The van der Waals surface area contributed by atoms with Gasteiger partial charge in [0.15, 0.2) is 0 Å². The minimum absolute atomic E-state index is 0.126. The molecule has 0 amide bonds. The van der Waals surface area contributed by atoms with Gasteiger partial charge in [-0.05, 0) is 37.5 Å². The topological polar surface area (TPSA) is 18.5 Å². The summed E-state index contributed by atoms with van der Waals surface area (Å²) >= 11 is 5.04. The Morgan fingerprint density at radius 2 is 1.71 bits per heavy atom. The van der Waals surface area contributed by atoms with Crippen molar-refractivity contribution in [3.8, 4) is 5.75 Å². The smallest absolute Gasteiger partial charge is 0.426 e. The van der Waals surface area contributed by atoms with Crippen LogP contribution in [0.2, 0.25) is 0 Å². The summed E-state index contributed by atoms with van der Waals surface area (Å²) in [7, 11) is 0. The maximum absolute atomic E-state index is 12.0. The van der Waals surface area contributed by atoms with Gasteiger partial charge in [-0.15, -0.1) is 0 Å². The fourth-order valence-corrected chi connectivity index (χ4v) is 1.58. The number of rotatable bonds is 9. The van der Waals surface area contributed by atoms with Crippen LogP contribution in [0.25, 0.3) is 0 Å². The molecule has 0 heterocycles. The molecule has 1 rings (SSSR count). The van der Waals surface area contributed by atoms with Gasteiger partial charge in [-0.25, -0.2) is 0 Å². The highest BCUT2D eigenvalue weighted by Gasteiger charge is 2.31. The lowest BCUT2D eigenvalue weighted by Gasteiger charge is -2.06. The molecular formula is C15H18ClF3O2. The standard InChI is InChI=1S/C15H18ClF3O2/c16-14(15(17,18)19)9-12-20-10-5-2-6-11-21-13-7-3-1-4-8-13/h1,3-4,7-9H,2,5-6,10-12H2. The Kier molecular flexibility index (Phi) is 8.23. The Bertz CT molecular complexity index is 419. The average molecular weight is 323 g/mol. The zero-order valence-electron chi connectivity index (χ0n) is 11.5. The number of alkyl halides is 3. The van der Waals surface area contributed by atoms with E-state index in [2.05, 4.69) is 0 Å². The second-order valence-electron chi connectivity index (χ2n) is 4.35. The van der Waals surface area contributed by atoms with Crippen molar-refractivity contribution in [3.05, 3.63) is 41.4 Å². The molecule has 2 nitrogen and oxygen atoms in total. The van der Waals surface area contributed by atoms with E-state index in [9.17, 15) is 13.2 Å². The first kappa shape index (κ1) is 17.9. The summed E-state index contributed by atoms with van der Waals surface area (Å²) in [5.74, 6) is 0.834. The molecular weight excluding hydrogens is 305 g/mol. The zero-order valence-corrected chi connectivity index (χ0v) is 12.3. The van der Waals surface area contributed by atoms with Crippen molar-refractivity contribution in [2.24, 2.45) is 0 Å². The predicted molar refractivity (Wildman–Crippen MR) is 76.6 cm³/mol. The van der Waals surface area contributed by atoms with E-state index in [0.29, 0.717) is 13.2 Å². The molecule has 0 saturated heterocycles. The Morgan fingerprint density at radius 3 is 2.38 bits per heavy atom. The lowest BCUT2D eigenvalue weighted by atomic mass is 10.2. The number of para-hydroxylation sites is 1. The van der Waals surface area contributed by atoms with Gasteiger partial charge in [0, 0.05) is 6.61 Å². The van der Waals surface area contributed by atoms with Gasteiger partial charge in [-0.1, -0.05) is 29.8 Å². The van der Waals surface area contributed by atoms with Crippen molar-refractivity contribution in [2.45, 2.75) is 25.4 Å². The van der Waals surface area contributed by atoms with Crippen LogP contribution >= 0.6 is 11.6 Å². The number of benzene rings is 1. The van der Waals surface area contributed by atoms with Crippen molar-refractivity contribution < 1.29 is 22.6 Å². The number of hydrogen-bond acceptors (Lipinski definition) is 2. The molecule has 1 aromatic rings. The molecule has 118 valence electrons. The van der Waals surface area contributed by atoms with Gasteiger partial charge < -0.3 is 9.47 Å². The number of ether oxygens (including phenoxy) is 2. The van der Waals surface area contributed by atoms with Gasteiger partial charge in [0.1, 0.15) is 10.8 Å². The molecule has 0 aliphatic heterocycles. The van der Waals surface area contributed by atoms with E-state index >= 15 is 0 Å². The number of hydrogen-bond donors (Lipinski definition) is 0. The third-order valence-corrected chi connectivity index (χ3v) is 2.96. The molecule has 0 atom stereocenters. The van der Waals surface area contributed by atoms with Crippen LogP contribution in [0.15, 0.2) is 41.4 Å². The minimum Gasteiger partial charge on any atom is -0.494 e. The molecule has 0 unspecified atom stereocenters. The molecule has 0 bridgehead atoms. The predicted octanol–water partition coefficient (Wildman–Crippen LogP) is 4.94. The molecule has 0 fully saturated rings. The number of allylic oxidation sites excluding steroid dienone is 1. The summed E-state index contributed by atoms with van der Waals surface area (Å²) in [4.78, 5) is 0. The average Bonchev–Trinajstić information content (AvgIpc) is 2.45. The molecule has 0 aliphatic rings. The SMILES string of the molecule is FC(F)(F)C(Cl)=CCOCCCCCOc1ccccc1. The van der Waals surface area contributed by atoms with Crippen LogP contribution in [-0.2, 0) is 4.74 Å². The Labute approximate surface area is 127 Å². The summed E-state index contributed by atoms with van der Waals surface area (Å²) in [5, 5.41) is -1.14. The summed E-state index contributed by atoms with van der Waals surface area (Å²) < 4.78 is 46.7. The van der Waals surface area contributed by atoms with Crippen LogP contribution in [0.4, 0.5) is 13.2 Å². The Hall–Kier alpha value is -1.20. The van der Waals surface area contributed by atoms with Crippen molar-refractivity contribution in [2.75, 3.05) is 19.8 Å². The normalized spacial score (nSPS) is 12.5. The third-order valence-electron chi connectivity index (χ3n) is 2.60. The second-order valence-corrected chi connectivity index (χ2v) is 4.75. The first-order valence-electron chi connectivity index (χ1n) is 6.68. The van der Waals surface area contributed by atoms with Crippen LogP contribution in [0.1, 0.15) is 19.3 Å². The molecule has 21 heavy (non-hydrogen) atoms. The van der Waals surface area contributed by atoms with Gasteiger partial charge >= 0.3 is 6.18 Å². The largest absolute Gasteiger partial charge is 0.494 e. The quantitative estimate of drug-likeness (QED) is 0.600. The third kappa shape index (κ3) is 8.63. The summed E-state index contributed by atoms with van der Waals surface area (Å²) in [6.07, 6.45) is -1.11. The summed E-state index contributed by atoms with van der Waals surface area (Å²) in [6, 6.07) is 9.51. The summed E-state index contributed by atoms with van der Waals surface area (Å²) in [5.41, 5.74) is 0. The van der Waals surface area contributed by atoms with Gasteiger partial charge in [0.2, 0.25) is 0 Å². The molecule has 0 N–H and O–H groups in total. The van der Waals surface area contributed by atoms with Crippen molar-refractivity contribution in [1.82, 2.24) is 0 Å². The van der Waals surface area contributed by atoms with Crippen LogP contribution in [0.5, 0.6) is 5.75 Å². The van der Waals surface area contributed by atoms with E-state index < -0.39 is 11.2 Å².